The Labute approximate surface area is 130 Å². The average molecular weight is 288 g/mol. The Morgan fingerprint density at radius 1 is 0.818 bits per heavy atom. The molecule has 0 spiro atoms. The topological polar surface area (TPSA) is 34.1 Å². The summed E-state index contributed by atoms with van der Waals surface area (Å²) < 4.78 is 0. The van der Waals surface area contributed by atoms with Gasteiger partial charge in [-0.2, -0.15) is 0 Å². The molecule has 2 aromatic rings. The zero-order valence-electron chi connectivity index (χ0n) is 12.2. The lowest BCUT2D eigenvalue weighted by Crippen LogP contribution is -2.11. The van der Waals surface area contributed by atoms with Gasteiger partial charge in [0.15, 0.2) is 11.6 Å². The second-order valence-electron chi connectivity index (χ2n) is 4.63. The number of benzene rings is 2. The molecule has 0 aliphatic heterocycles. The fraction of sp³-hybridized carbons (Fsp3) is 0. The van der Waals surface area contributed by atoms with Crippen molar-refractivity contribution in [3.8, 4) is 0 Å². The van der Waals surface area contributed by atoms with Gasteiger partial charge in [0.05, 0.1) is 0 Å². The Bertz CT molecular complexity index is 752. The van der Waals surface area contributed by atoms with Crippen LogP contribution >= 0.6 is 0 Å². The summed E-state index contributed by atoms with van der Waals surface area (Å²) in [5, 5.41) is 0. The Hall–Kier alpha value is -3.00. The fourth-order valence-electron chi connectivity index (χ4n) is 2.14. The third-order valence-corrected chi connectivity index (χ3v) is 3.23. The van der Waals surface area contributed by atoms with Crippen molar-refractivity contribution in [2.75, 3.05) is 0 Å². The van der Waals surface area contributed by atoms with Crippen LogP contribution in [0.5, 0.6) is 0 Å². The molecule has 0 atom stereocenters. The molecule has 0 N–H and O–H groups in total. The summed E-state index contributed by atoms with van der Waals surface area (Å²) in [7, 11) is 0. The maximum absolute atomic E-state index is 12.6. The van der Waals surface area contributed by atoms with Crippen LogP contribution in [0.15, 0.2) is 91.6 Å². The zero-order valence-corrected chi connectivity index (χ0v) is 12.2. The van der Waals surface area contributed by atoms with E-state index in [1.165, 1.54) is 12.2 Å². The van der Waals surface area contributed by atoms with E-state index in [1.54, 1.807) is 54.6 Å². The number of carbonyl (C=O) groups excluding carboxylic acids is 2. The highest BCUT2D eigenvalue weighted by atomic mass is 16.1. The summed E-state index contributed by atoms with van der Waals surface area (Å²) in [5.74, 6) is -0.415. The van der Waals surface area contributed by atoms with Crippen LogP contribution in [0, 0.1) is 0 Å². The Morgan fingerprint density at radius 2 is 1.41 bits per heavy atom. The highest BCUT2D eigenvalue weighted by Crippen LogP contribution is 2.18. The lowest BCUT2D eigenvalue weighted by Gasteiger charge is -2.08. The smallest absolute Gasteiger partial charge is 0.193 e. The first-order chi connectivity index (χ1) is 10.7. The Morgan fingerprint density at radius 3 is 2.00 bits per heavy atom. The number of ketones is 2. The number of hydrogen-bond acceptors (Lipinski definition) is 2. The molecule has 0 fully saturated rings. The average Bonchev–Trinajstić information content (AvgIpc) is 2.59. The van der Waals surface area contributed by atoms with Gasteiger partial charge in [-0.05, 0) is 0 Å². The van der Waals surface area contributed by atoms with E-state index in [-0.39, 0.29) is 11.6 Å². The van der Waals surface area contributed by atoms with E-state index in [1.807, 2.05) is 6.07 Å². The second kappa shape index (κ2) is 7.14. The first-order valence-electron chi connectivity index (χ1n) is 6.87. The first-order valence-corrected chi connectivity index (χ1v) is 6.87. The van der Waals surface area contributed by atoms with Gasteiger partial charge in [-0.15, -0.1) is 0 Å². The molecule has 2 rings (SSSR count). The zero-order chi connectivity index (χ0) is 15.9. The van der Waals surface area contributed by atoms with E-state index >= 15 is 0 Å². The van der Waals surface area contributed by atoms with Crippen LogP contribution in [0.1, 0.15) is 26.3 Å². The van der Waals surface area contributed by atoms with Gasteiger partial charge in [0.2, 0.25) is 0 Å². The third-order valence-electron chi connectivity index (χ3n) is 3.23. The van der Waals surface area contributed by atoms with Crippen LogP contribution in [0.2, 0.25) is 0 Å². The van der Waals surface area contributed by atoms with Crippen molar-refractivity contribution < 1.29 is 9.59 Å². The minimum atomic E-state index is -0.241. The minimum Gasteiger partial charge on any atom is -0.289 e. The highest BCUT2D eigenvalue weighted by molar-refractivity contribution is 6.20. The molecule has 0 bridgehead atoms. The number of allylic oxidation sites excluding steroid dienone is 4. The highest BCUT2D eigenvalue weighted by Gasteiger charge is 2.19. The van der Waals surface area contributed by atoms with E-state index in [4.69, 9.17) is 0 Å². The quantitative estimate of drug-likeness (QED) is 0.448. The molecule has 0 radical (unpaired) electrons. The Kier molecular flexibility index (Phi) is 4.99. The molecular weight excluding hydrogens is 272 g/mol. The molecule has 0 unspecified atom stereocenters. The molecule has 0 aliphatic rings. The number of carbonyl (C=O) groups is 2. The molecular formula is C20H16O2. The van der Waals surface area contributed by atoms with E-state index < -0.39 is 0 Å². The SMILES string of the molecule is C=C/C=C(\C=C)C(=O)c1ccccc1C(=O)c1ccccc1. The summed E-state index contributed by atoms with van der Waals surface area (Å²) in [5.41, 5.74) is 1.71. The summed E-state index contributed by atoms with van der Waals surface area (Å²) in [6, 6.07) is 15.7. The largest absolute Gasteiger partial charge is 0.289 e. The lowest BCUT2D eigenvalue weighted by molar-refractivity contribution is 0.100. The van der Waals surface area contributed by atoms with Crippen molar-refractivity contribution in [3.05, 3.63) is 108 Å². The molecule has 0 heterocycles. The van der Waals surface area contributed by atoms with Crippen molar-refractivity contribution in [3.63, 3.8) is 0 Å². The first kappa shape index (κ1) is 15.4. The van der Waals surface area contributed by atoms with Gasteiger partial charge in [-0.25, -0.2) is 0 Å². The van der Waals surface area contributed by atoms with Crippen LogP contribution in [0.3, 0.4) is 0 Å². The number of hydrogen-bond donors (Lipinski definition) is 0. The standard InChI is InChI=1S/C20H16O2/c1-3-10-15(4-2)19(21)17-13-8-9-14-18(17)20(22)16-11-6-5-7-12-16/h3-14H,1-2H2/b15-10+. The van der Waals surface area contributed by atoms with Gasteiger partial charge in [-0.1, -0.05) is 86.0 Å². The van der Waals surface area contributed by atoms with E-state index in [9.17, 15) is 9.59 Å². The molecule has 108 valence electrons. The predicted octanol–water partition coefficient (Wildman–Crippen LogP) is 4.40. The van der Waals surface area contributed by atoms with Gasteiger partial charge < -0.3 is 0 Å². The van der Waals surface area contributed by atoms with Gasteiger partial charge in [0.1, 0.15) is 0 Å². The molecule has 0 amide bonds. The van der Waals surface area contributed by atoms with Crippen LogP contribution in [-0.4, -0.2) is 11.6 Å². The predicted molar refractivity (Wildman–Crippen MR) is 89.1 cm³/mol. The summed E-state index contributed by atoms with van der Waals surface area (Å²) >= 11 is 0. The monoisotopic (exact) mass is 288 g/mol. The molecule has 0 saturated carbocycles. The normalized spacial score (nSPS) is 10.8. The van der Waals surface area contributed by atoms with Crippen molar-refractivity contribution >= 4 is 11.6 Å². The third kappa shape index (κ3) is 3.18. The number of rotatable bonds is 6. The maximum Gasteiger partial charge on any atom is 0.193 e. The molecule has 2 heteroatoms. The van der Waals surface area contributed by atoms with E-state index in [0.29, 0.717) is 22.3 Å². The molecule has 0 aliphatic carbocycles. The minimum absolute atomic E-state index is 0.174. The van der Waals surface area contributed by atoms with E-state index in [0.717, 1.165) is 0 Å². The van der Waals surface area contributed by atoms with Crippen molar-refractivity contribution in [2.45, 2.75) is 0 Å². The van der Waals surface area contributed by atoms with Gasteiger partial charge >= 0.3 is 0 Å². The summed E-state index contributed by atoms with van der Waals surface area (Å²) in [6.07, 6.45) is 4.57. The van der Waals surface area contributed by atoms with Gasteiger partial charge in [0, 0.05) is 22.3 Å². The van der Waals surface area contributed by atoms with E-state index in [2.05, 4.69) is 13.2 Å². The van der Waals surface area contributed by atoms with Crippen LogP contribution in [-0.2, 0) is 0 Å². The van der Waals surface area contributed by atoms with Gasteiger partial charge in [0.25, 0.3) is 0 Å². The van der Waals surface area contributed by atoms with Crippen molar-refractivity contribution in [1.82, 2.24) is 0 Å². The molecule has 2 nitrogen and oxygen atoms in total. The summed E-state index contributed by atoms with van der Waals surface area (Å²) in [4.78, 5) is 25.2. The number of Topliss-reactive ketones (excluding diaryl/α,β-unsaturated/α-hetero) is 1. The van der Waals surface area contributed by atoms with Crippen LogP contribution in [0.25, 0.3) is 0 Å². The molecule has 0 saturated heterocycles. The Balaban J connectivity index is 2.50. The second-order valence-corrected chi connectivity index (χ2v) is 4.63. The van der Waals surface area contributed by atoms with Crippen molar-refractivity contribution in [2.24, 2.45) is 0 Å². The van der Waals surface area contributed by atoms with Crippen molar-refractivity contribution in [1.29, 1.82) is 0 Å². The lowest BCUT2D eigenvalue weighted by atomic mass is 9.93. The molecule has 22 heavy (non-hydrogen) atoms. The molecule has 0 aromatic heterocycles. The molecule has 2 aromatic carbocycles. The maximum atomic E-state index is 12.6. The fourth-order valence-corrected chi connectivity index (χ4v) is 2.14. The summed E-state index contributed by atoms with van der Waals surface area (Å²) in [6.45, 7) is 7.22. The van der Waals surface area contributed by atoms with Crippen LogP contribution in [0.4, 0.5) is 0 Å². The van der Waals surface area contributed by atoms with Crippen LogP contribution < -0.4 is 0 Å². The van der Waals surface area contributed by atoms with Gasteiger partial charge in [-0.3, -0.25) is 9.59 Å².